The second kappa shape index (κ2) is 6.02. The zero-order valence-corrected chi connectivity index (χ0v) is 12.8. The standard InChI is InChI=1S/C15H15F2NO3S/c1-9-3-4-11(8-19)6-14(9)18-22(20,21)15-5-10(2)12(16)7-13(15)17/h3-7,18-19H,8H2,1-2H3. The number of benzene rings is 2. The van der Waals surface area contributed by atoms with E-state index in [1.807, 2.05) is 0 Å². The second-order valence-corrected chi connectivity index (χ2v) is 6.60. The molecule has 0 heterocycles. The third kappa shape index (κ3) is 3.26. The summed E-state index contributed by atoms with van der Waals surface area (Å²) in [7, 11) is -4.20. The van der Waals surface area contributed by atoms with E-state index < -0.39 is 26.6 Å². The van der Waals surface area contributed by atoms with Gasteiger partial charge >= 0.3 is 0 Å². The molecule has 0 amide bonds. The lowest BCUT2D eigenvalue weighted by molar-refractivity contribution is 0.282. The summed E-state index contributed by atoms with van der Waals surface area (Å²) < 4.78 is 53.9. The number of nitrogens with one attached hydrogen (secondary N) is 1. The number of aliphatic hydroxyl groups excluding tert-OH is 1. The van der Waals surface area contributed by atoms with Gasteiger partial charge in [0, 0.05) is 6.07 Å². The fourth-order valence-electron chi connectivity index (χ4n) is 1.91. The molecule has 0 saturated carbocycles. The van der Waals surface area contributed by atoms with Gasteiger partial charge in [-0.3, -0.25) is 4.72 Å². The zero-order valence-electron chi connectivity index (χ0n) is 12.0. The molecule has 0 atom stereocenters. The van der Waals surface area contributed by atoms with Crippen LogP contribution >= 0.6 is 0 Å². The van der Waals surface area contributed by atoms with Crippen molar-refractivity contribution in [1.29, 1.82) is 0 Å². The molecule has 0 aliphatic rings. The summed E-state index contributed by atoms with van der Waals surface area (Å²) in [5.74, 6) is -1.97. The smallest absolute Gasteiger partial charge is 0.264 e. The summed E-state index contributed by atoms with van der Waals surface area (Å²) in [5, 5.41) is 9.10. The molecule has 0 unspecified atom stereocenters. The first-order valence-corrected chi connectivity index (χ1v) is 7.92. The SMILES string of the molecule is Cc1cc(S(=O)(=O)Nc2cc(CO)ccc2C)c(F)cc1F. The third-order valence-electron chi connectivity index (χ3n) is 3.23. The Kier molecular flexibility index (Phi) is 4.48. The average Bonchev–Trinajstić information content (AvgIpc) is 2.44. The van der Waals surface area contributed by atoms with Crippen molar-refractivity contribution in [3.8, 4) is 0 Å². The summed E-state index contributed by atoms with van der Waals surface area (Å²) in [4.78, 5) is -0.625. The summed E-state index contributed by atoms with van der Waals surface area (Å²) in [6.45, 7) is 2.77. The fraction of sp³-hybridized carbons (Fsp3) is 0.200. The molecule has 2 rings (SSSR count). The highest BCUT2D eigenvalue weighted by atomic mass is 32.2. The summed E-state index contributed by atoms with van der Waals surface area (Å²) in [5.41, 5.74) is 1.38. The van der Waals surface area contributed by atoms with Gasteiger partial charge in [-0.2, -0.15) is 0 Å². The fourth-order valence-corrected chi connectivity index (χ4v) is 3.18. The first kappa shape index (κ1) is 16.4. The summed E-state index contributed by atoms with van der Waals surface area (Å²) in [6, 6.07) is 6.23. The normalized spacial score (nSPS) is 11.5. The van der Waals surface area contributed by atoms with Crippen LogP contribution in [0.5, 0.6) is 0 Å². The molecule has 2 aromatic carbocycles. The molecule has 0 radical (unpaired) electrons. The number of rotatable bonds is 4. The number of hydrogen-bond acceptors (Lipinski definition) is 3. The van der Waals surface area contributed by atoms with E-state index in [0.29, 0.717) is 17.2 Å². The topological polar surface area (TPSA) is 66.4 Å². The molecule has 4 nitrogen and oxygen atoms in total. The Bertz CT molecular complexity index is 820. The van der Waals surface area contributed by atoms with E-state index in [0.717, 1.165) is 6.07 Å². The van der Waals surface area contributed by atoms with Gasteiger partial charge in [-0.25, -0.2) is 17.2 Å². The van der Waals surface area contributed by atoms with Gasteiger partial charge in [0.15, 0.2) is 0 Å². The first-order chi connectivity index (χ1) is 10.2. The maximum Gasteiger partial charge on any atom is 0.264 e. The molecule has 22 heavy (non-hydrogen) atoms. The summed E-state index contributed by atoms with van der Waals surface area (Å²) in [6.07, 6.45) is 0. The van der Waals surface area contributed by atoms with Crippen LogP contribution in [0.2, 0.25) is 0 Å². The molecule has 0 saturated heterocycles. The highest BCUT2D eigenvalue weighted by molar-refractivity contribution is 7.92. The van der Waals surface area contributed by atoms with Crippen molar-refractivity contribution in [2.75, 3.05) is 4.72 Å². The average molecular weight is 327 g/mol. The minimum Gasteiger partial charge on any atom is -0.392 e. The maximum atomic E-state index is 13.8. The quantitative estimate of drug-likeness (QED) is 0.907. The number of aliphatic hydroxyl groups is 1. The number of halogens is 2. The molecule has 118 valence electrons. The van der Waals surface area contributed by atoms with Crippen LogP contribution in [0.25, 0.3) is 0 Å². The van der Waals surface area contributed by atoms with Gasteiger partial charge in [-0.05, 0) is 42.7 Å². The monoisotopic (exact) mass is 327 g/mol. The van der Waals surface area contributed by atoms with E-state index in [4.69, 9.17) is 5.11 Å². The van der Waals surface area contributed by atoms with Crippen LogP contribution in [-0.2, 0) is 16.6 Å². The van der Waals surface area contributed by atoms with E-state index in [1.54, 1.807) is 19.1 Å². The Balaban J connectivity index is 2.46. The predicted octanol–water partition coefficient (Wildman–Crippen LogP) is 2.87. The largest absolute Gasteiger partial charge is 0.392 e. The van der Waals surface area contributed by atoms with Gasteiger partial charge < -0.3 is 5.11 Å². The Morgan fingerprint density at radius 2 is 1.73 bits per heavy atom. The van der Waals surface area contributed by atoms with Crippen molar-refractivity contribution >= 4 is 15.7 Å². The molecular weight excluding hydrogens is 312 g/mol. The minimum absolute atomic E-state index is 0.0302. The second-order valence-electron chi connectivity index (χ2n) is 4.94. The number of anilines is 1. The lowest BCUT2D eigenvalue weighted by Gasteiger charge is -2.13. The molecule has 0 aliphatic heterocycles. The Morgan fingerprint density at radius 3 is 2.36 bits per heavy atom. The Labute approximate surface area is 127 Å². The lowest BCUT2D eigenvalue weighted by atomic mass is 10.1. The van der Waals surface area contributed by atoms with Crippen molar-refractivity contribution in [3.63, 3.8) is 0 Å². The van der Waals surface area contributed by atoms with Gasteiger partial charge in [0.25, 0.3) is 10.0 Å². The summed E-state index contributed by atoms with van der Waals surface area (Å²) >= 11 is 0. The van der Waals surface area contributed by atoms with E-state index >= 15 is 0 Å². The van der Waals surface area contributed by atoms with Crippen LogP contribution in [0.3, 0.4) is 0 Å². The van der Waals surface area contributed by atoms with Crippen LogP contribution in [0, 0.1) is 25.5 Å². The maximum absolute atomic E-state index is 13.8. The van der Waals surface area contributed by atoms with Crippen molar-refractivity contribution < 1.29 is 22.3 Å². The van der Waals surface area contributed by atoms with Crippen LogP contribution in [0.1, 0.15) is 16.7 Å². The highest BCUT2D eigenvalue weighted by Crippen LogP contribution is 2.24. The Hall–Kier alpha value is -1.99. The molecule has 0 aromatic heterocycles. The predicted molar refractivity (Wildman–Crippen MR) is 79.0 cm³/mol. The molecule has 0 bridgehead atoms. The van der Waals surface area contributed by atoms with Gasteiger partial charge in [0.05, 0.1) is 12.3 Å². The number of sulfonamides is 1. The molecule has 2 aromatic rings. The minimum atomic E-state index is -4.20. The van der Waals surface area contributed by atoms with Crippen LogP contribution in [-0.4, -0.2) is 13.5 Å². The van der Waals surface area contributed by atoms with Crippen molar-refractivity contribution in [2.24, 2.45) is 0 Å². The Morgan fingerprint density at radius 1 is 1.05 bits per heavy atom. The van der Waals surface area contributed by atoms with E-state index in [-0.39, 0.29) is 17.9 Å². The molecule has 0 spiro atoms. The number of hydrogen-bond donors (Lipinski definition) is 2. The molecule has 2 N–H and O–H groups in total. The molecule has 0 fully saturated rings. The van der Waals surface area contributed by atoms with Gasteiger partial charge in [-0.15, -0.1) is 0 Å². The van der Waals surface area contributed by atoms with Crippen LogP contribution < -0.4 is 4.72 Å². The van der Waals surface area contributed by atoms with Gasteiger partial charge in [0.1, 0.15) is 16.5 Å². The first-order valence-electron chi connectivity index (χ1n) is 6.43. The lowest BCUT2D eigenvalue weighted by Crippen LogP contribution is -2.16. The molecular formula is C15H15F2NO3S. The van der Waals surface area contributed by atoms with E-state index in [2.05, 4.69) is 4.72 Å². The van der Waals surface area contributed by atoms with Crippen LogP contribution in [0.4, 0.5) is 14.5 Å². The van der Waals surface area contributed by atoms with E-state index in [1.165, 1.54) is 13.0 Å². The van der Waals surface area contributed by atoms with Crippen LogP contribution in [0.15, 0.2) is 35.2 Å². The van der Waals surface area contributed by atoms with Gasteiger partial charge in [-0.1, -0.05) is 12.1 Å². The van der Waals surface area contributed by atoms with Crippen molar-refractivity contribution in [3.05, 3.63) is 58.7 Å². The van der Waals surface area contributed by atoms with Crippen molar-refractivity contribution in [2.45, 2.75) is 25.3 Å². The molecule has 0 aliphatic carbocycles. The van der Waals surface area contributed by atoms with Crippen molar-refractivity contribution in [1.82, 2.24) is 0 Å². The third-order valence-corrected chi connectivity index (χ3v) is 4.61. The highest BCUT2D eigenvalue weighted by Gasteiger charge is 2.21. The molecule has 7 heteroatoms. The van der Waals surface area contributed by atoms with Gasteiger partial charge in [0.2, 0.25) is 0 Å². The number of aryl methyl sites for hydroxylation is 2. The zero-order chi connectivity index (χ0) is 16.5. The van der Waals surface area contributed by atoms with E-state index in [9.17, 15) is 17.2 Å².